The van der Waals surface area contributed by atoms with E-state index in [2.05, 4.69) is 5.32 Å². The van der Waals surface area contributed by atoms with Crippen molar-refractivity contribution < 1.29 is 4.79 Å². The van der Waals surface area contributed by atoms with Gasteiger partial charge in [0.2, 0.25) is 5.91 Å². The third-order valence-corrected chi connectivity index (χ3v) is 6.16. The fourth-order valence-corrected chi connectivity index (χ4v) is 4.26. The monoisotopic (exact) mass is 468 g/mol. The van der Waals surface area contributed by atoms with Gasteiger partial charge in [0.25, 0.3) is 5.56 Å². The van der Waals surface area contributed by atoms with E-state index in [4.69, 9.17) is 28.3 Å². The van der Waals surface area contributed by atoms with E-state index in [1.807, 2.05) is 51.1 Å². The third-order valence-electron chi connectivity index (χ3n) is 5.42. The molecule has 0 radical (unpaired) electrons. The molecule has 0 aliphatic heterocycles. The van der Waals surface area contributed by atoms with Crippen molar-refractivity contribution in [1.82, 2.24) is 14.3 Å². The molecule has 0 fully saturated rings. The Bertz CT molecular complexity index is 1380. The summed E-state index contributed by atoms with van der Waals surface area (Å²) in [7, 11) is 0. The number of nitrogens with one attached hydrogen (secondary N) is 1. The van der Waals surface area contributed by atoms with Crippen molar-refractivity contribution in [1.29, 1.82) is 0 Å². The van der Waals surface area contributed by atoms with Crippen molar-refractivity contribution in [3.05, 3.63) is 86.3 Å². The van der Waals surface area contributed by atoms with Gasteiger partial charge in [0.1, 0.15) is 11.7 Å². The minimum atomic E-state index is -0.751. The molecule has 2 aromatic carbocycles. The average Bonchev–Trinajstić information content (AvgIpc) is 3.11. The standard InChI is InChI=1S/C24H22Cl2N4O2/c1-4-20(23(32)27-16-10-11-18(25)19(26)13-16)29-21(31)12-14(2)22-15(3)28-30(24(22)29)17-8-6-5-7-9-17/h5-13,20H,4H2,1-3H3,(H,27,32). The number of hydrogen-bond acceptors (Lipinski definition) is 3. The fraction of sp³-hybridized carbons (Fsp3) is 0.208. The second-order valence-electron chi connectivity index (χ2n) is 7.61. The number of carbonyl (C=O) groups excluding carboxylic acids is 1. The molecule has 0 saturated carbocycles. The van der Waals surface area contributed by atoms with Crippen molar-refractivity contribution in [2.45, 2.75) is 33.2 Å². The van der Waals surface area contributed by atoms with Crippen molar-refractivity contribution >= 4 is 45.8 Å². The van der Waals surface area contributed by atoms with Gasteiger partial charge in [-0.15, -0.1) is 0 Å². The van der Waals surface area contributed by atoms with Gasteiger partial charge in [-0.25, -0.2) is 4.68 Å². The zero-order valence-electron chi connectivity index (χ0n) is 17.9. The molecule has 0 bridgehead atoms. The van der Waals surface area contributed by atoms with Gasteiger partial charge in [-0.3, -0.25) is 14.2 Å². The Morgan fingerprint density at radius 2 is 1.78 bits per heavy atom. The minimum Gasteiger partial charge on any atom is -0.324 e. The minimum absolute atomic E-state index is 0.261. The van der Waals surface area contributed by atoms with E-state index in [0.717, 1.165) is 22.3 Å². The second-order valence-corrected chi connectivity index (χ2v) is 8.42. The van der Waals surface area contributed by atoms with Crippen LogP contribution in [0.15, 0.2) is 59.4 Å². The maximum Gasteiger partial charge on any atom is 0.253 e. The lowest BCUT2D eigenvalue weighted by molar-refractivity contribution is -0.119. The summed E-state index contributed by atoms with van der Waals surface area (Å²) in [6.45, 7) is 5.66. The summed E-state index contributed by atoms with van der Waals surface area (Å²) < 4.78 is 3.26. The van der Waals surface area contributed by atoms with Crippen LogP contribution in [0.3, 0.4) is 0 Å². The van der Waals surface area contributed by atoms with Crippen LogP contribution in [0, 0.1) is 13.8 Å². The van der Waals surface area contributed by atoms with Gasteiger partial charge in [0.15, 0.2) is 0 Å². The number of rotatable bonds is 5. The van der Waals surface area contributed by atoms with Crippen molar-refractivity contribution in [2.24, 2.45) is 0 Å². The Kier molecular flexibility index (Phi) is 6.09. The Hall–Kier alpha value is -3.09. The van der Waals surface area contributed by atoms with Crippen LogP contribution in [0.4, 0.5) is 5.69 Å². The summed E-state index contributed by atoms with van der Waals surface area (Å²) in [5, 5.41) is 9.15. The summed E-state index contributed by atoms with van der Waals surface area (Å²) >= 11 is 12.1. The molecule has 1 amide bonds. The second kappa shape index (κ2) is 8.81. The highest BCUT2D eigenvalue weighted by Crippen LogP contribution is 2.29. The molecule has 1 unspecified atom stereocenters. The Labute approximate surface area is 195 Å². The van der Waals surface area contributed by atoms with E-state index in [9.17, 15) is 9.59 Å². The van der Waals surface area contributed by atoms with Crippen molar-refractivity contribution in [3.63, 3.8) is 0 Å². The van der Waals surface area contributed by atoms with Crippen LogP contribution < -0.4 is 10.9 Å². The molecule has 1 N–H and O–H groups in total. The van der Waals surface area contributed by atoms with E-state index in [1.54, 1.807) is 28.9 Å². The van der Waals surface area contributed by atoms with Gasteiger partial charge in [0.05, 0.1) is 21.4 Å². The number of nitrogens with zero attached hydrogens (tertiary/aromatic N) is 3. The number of aromatic nitrogens is 3. The smallest absolute Gasteiger partial charge is 0.253 e. The summed E-state index contributed by atoms with van der Waals surface area (Å²) in [5.74, 6) is -0.323. The maximum atomic E-state index is 13.3. The zero-order chi connectivity index (χ0) is 23.0. The lowest BCUT2D eigenvalue weighted by Gasteiger charge is -2.21. The number of amides is 1. The number of anilines is 1. The zero-order valence-corrected chi connectivity index (χ0v) is 19.4. The van der Waals surface area contributed by atoms with Crippen LogP contribution in [-0.2, 0) is 4.79 Å². The van der Waals surface area contributed by atoms with E-state index < -0.39 is 6.04 Å². The van der Waals surface area contributed by atoms with E-state index in [-0.39, 0.29) is 11.5 Å². The molecule has 1 atom stereocenters. The van der Waals surface area contributed by atoms with Gasteiger partial charge in [-0.05, 0) is 56.2 Å². The molecule has 4 aromatic rings. The molecule has 164 valence electrons. The van der Waals surface area contributed by atoms with Crippen LogP contribution in [0.5, 0.6) is 0 Å². The number of aryl methyl sites for hydroxylation is 2. The summed E-state index contributed by atoms with van der Waals surface area (Å²) in [4.78, 5) is 26.5. The molecule has 0 spiro atoms. The molecular weight excluding hydrogens is 447 g/mol. The molecule has 2 aromatic heterocycles. The first-order valence-electron chi connectivity index (χ1n) is 10.2. The fourth-order valence-electron chi connectivity index (χ4n) is 3.97. The highest BCUT2D eigenvalue weighted by Gasteiger charge is 2.26. The Balaban J connectivity index is 1.89. The molecular formula is C24H22Cl2N4O2. The first kappa shape index (κ1) is 22.1. The largest absolute Gasteiger partial charge is 0.324 e. The first-order chi connectivity index (χ1) is 15.3. The number of fused-ring (bicyclic) bond motifs is 1. The molecule has 0 aliphatic rings. The number of carbonyl (C=O) groups is 1. The molecule has 0 saturated heterocycles. The lowest BCUT2D eigenvalue weighted by atomic mass is 10.1. The highest BCUT2D eigenvalue weighted by molar-refractivity contribution is 6.42. The number of para-hydroxylation sites is 1. The van der Waals surface area contributed by atoms with Gasteiger partial charge in [-0.1, -0.05) is 48.3 Å². The third kappa shape index (κ3) is 3.92. The number of pyridine rings is 1. The topological polar surface area (TPSA) is 68.9 Å². The normalized spacial score (nSPS) is 12.2. The highest BCUT2D eigenvalue weighted by atomic mass is 35.5. The van der Waals surface area contributed by atoms with Crippen LogP contribution >= 0.6 is 23.2 Å². The summed E-state index contributed by atoms with van der Waals surface area (Å²) in [5.41, 5.74) is 3.25. The van der Waals surface area contributed by atoms with E-state index in [1.165, 1.54) is 4.57 Å². The van der Waals surface area contributed by atoms with Crippen LogP contribution in [-0.4, -0.2) is 20.3 Å². The molecule has 6 nitrogen and oxygen atoms in total. The Morgan fingerprint density at radius 3 is 2.44 bits per heavy atom. The SMILES string of the molecule is CCC(C(=O)Nc1ccc(Cl)c(Cl)c1)n1c(=O)cc(C)c2c(C)nn(-c3ccccc3)c21. The summed E-state index contributed by atoms with van der Waals surface area (Å²) in [6.07, 6.45) is 0.407. The van der Waals surface area contributed by atoms with E-state index in [0.29, 0.717) is 27.8 Å². The molecule has 32 heavy (non-hydrogen) atoms. The van der Waals surface area contributed by atoms with Crippen molar-refractivity contribution in [2.75, 3.05) is 5.32 Å². The van der Waals surface area contributed by atoms with Gasteiger partial charge in [-0.2, -0.15) is 5.10 Å². The van der Waals surface area contributed by atoms with Crippen LogP contribution in [0.1, 0.15) is 30.6 Å². The lowest BCUT2D eigenvalue weighted by Crippen LogP contribution is -2.34. The molecule has 4 rings (SSSR count). The predicted molar refractivity (Wildman–Crippen MR) is 129 cm³/mol. The van der Waals surface area contributed by atoms with Crippen LogP contribution in [0.25, 0.3) is 16.7 Å². The van der Waals surface area contributed by atoms with Gasteiger partial charge >= 0.3 is 0 Å². The number of hydrogen-bond donors (Lipinski definition) is 1. The Morgan fingerprint density at radius 1 is 1.06 bits per heavy atom. The molecule has 2 heterocycles. The van der Waals surface area contributed by atoms with Gasteiger partial charge in [0, 0.05) is 17.1 Å². The molecule has 8 heteroatoms. The van der Waals surface area contributed by atoms with Gasteiger partial charge < -0.3 is 5.32 Å². The van der Waals surface area contributed by atoms with Crippen molar-refractivity contribution in [3.8, 4) is 5.69 Å². The first-order valence-corrected chi connectivity index (χ1v) is 11.0. The maximum absolute atomic E-state index is 13.3. The number of benzene rings is 2. The molecule has 0 aliphatic carbocycles. The summed E-state index contributed by atoms with van der Waals surface area (Å²) in [6, 6.07) is 15.2. The number of halogens is 2. The predicted octanol–water partition coefficient (Wildman–Crippen LogP) is 5.70. The quantitative estimate of drug-likeness (QED) is 0.408. The van der Waals surface area contributed by atoms with Crippen LogP contribution in [0.2, 0.25) is 10.0 Å². The average molecular weight is 469 g/mol. The van der Waals surface area contributed by atoms with E-state index >= 15 is 0 Å².